The third kappa shape index (κ3) is 6.08. The van der Waals surface area contributed by atoms with Gasteiger partial charge in [0.15, 0.2) is 0 Å². The van der Waals surface area contributed by atoms with E-state index in [2.05, 4.69) is 26.0 Å². The highest BCUT2D eigenvalue weighted by Gasteiger charge is 2.28. The molecular weight excluding hydrogens is 226 g/mol. The minimum absolute atomic E-state index is 0.420. The summed E-state index contributed by atoms with van der Waals surface area (Å²) in [6, 6.07) is 0. The van der Waals surface area contributed by atoms with Crippen molar-refractivity contribution in [3.63, 3.8) is 0 Å². The smallest absolute Gasteiger partial charge is 0.405 e. The van der Waals surface area contributed by atoms with Gasteiger partial charge in [0, 0.05) is 6.42 Å². The zero-order valence-electron chi connectivity index (χ0n) is 12.4. The maximum Gasteiger partial charge on any atom is 0.405 e. The molecule has 0 unspecified atom stereocenters. The summed E-state index contributed by atoms with van der Waals surface area (Å²) in [6.45, 7) is 8.50. The van der Waals surface area contributed by atoms with Crippen molar-refractivity contribution in [1.82, 2.24) is 0 Å². The fourth-order valence-corrected chi connectivity index (χ4v) is 2.15. The summed E-state index contributed by atoms with van der Waals surface area (Å²) >= 11 is 0. The van der Waals surface area contributed by atoms with E-state index in [1.807, 2.05) is 13.8 Å². The van der Waals surface area contributed by atoms with Crippen LogP contribution in [0.1, 0.15) is 66.2 Å². The van der Waals surface area contributed by atoms with Gasteiger partial charge in [0.25, 0.3) is 0 Å². The highest BCUT2D eigenvalue weighted by molar-refractivity contribution is 5.65. The van der Waals surface area contributed by atoms with E-state index in [4.69, 9.17) is 10.5 Å². The first-order valence-corrected chi connectivity index (χ1v) is 7.16. The number of hydrogen-bond acceptors (Lipinski definition) is 2. The largest absolute Gasteiger partial charge is 0.443 e. The Kier molecular flexibility index (Phi) is 8.51. The number of hydrogen-bond donors (Lipinski definition) is 1. The molecule has 0 rings (SSSR count). The van der Waals surface area contributed by atoms with Gasteiger partial charge in [0.1, 0.15) is 5.60 Å². The summed E-state index contributed by atoms with van der Waals surface area (Å²) in [7, 11) is 0. The molecule has 0 aliphatic rings. The van der Waals surface area contributed by atoms with Gasteiger partial charge in [0.2, 0.25) is 0 Å². The maximum absolute atomic E-state index is 10.9. The van der Waals surface area contributed by atoms with Crippen molar-refractivity contribution >= 4 is 6.09 Å². The molecule has 0 bridgehead atoms. The minimum Gasteiger partial charge on any atom is -0.443 e. The third-order valence-electron chi connectivity index (χ3n) is 3.89. The molecule has 0 aliphatic carbocycles. The number of carbonyl (C=O) groups is 1. The van der Waals surface area contributed by atoms with E-state index in [1.165, 1.54) is 12.8 Å². The fourth-order valence-electron chi connectivity index (χ4n) is 2.15. The zero-order valence-corrected chi connectivity index (χ0v) is 12.4. The second kappa shape index (κ2) is 9.01. The van der Waals surface area contributed by atoms with Crippen molar-refractivity contribution in [2.45, 2.75) is 71.8 Å². The van der Waals surface area contributed by atoms with Gasteiger partial charge < -0.3 is 10.5 Å². The van der Waals surface area contributed by atoms with Crippen LogP contribution in [0.4, 0.5) is 4.79 Å². The van der Waals surface area contributed by atoms with Crippen molar-refractivity contribution in [2.24, 2.45) is 11.7 Å². The lowest BCUT2D eigenvalue weighted by atomic mass is 9.92. The number of nitrogens with two attached hydrogens (primary N) is 1. The Morgan fingerprint density at radius 1 is 1.17 bits per heavy atom. The summed E-state index contributed by atoms with van der Waals surface area (Å²) < 4.78 is 5.28. The lowest BCUT2D eigenvalue weighted by molar-refractivity contribution is 0.0123. The number of allylic oxidation sites excluding steroid dienone is 1. The average Bonchev–Trinajstić information content (AvgIpc) is 2.37. The molecule has 0 atom stereocenters. The highest BCUT2D eigenvalue weighted by atomic mass is 16.6. The first kappa shape index (κ1) is 17.0. The molecule has 0 aromatic rings. The van der Waals surface area contributed by atoms with Gasteiger partial charge in [-0.1, -0.05) is 52.7 Å². The van der Waals surface area contributed by atoms with Crippen LogP contribution in [-0.2, 0) is 4.74 Å². The van der Waals surface area contributed by atoms with Crippen molar-refractivity contribution in [3.8, 4) is 0 Å². The molecule has 1 amide bonds. The summed E-state index contributed by atoms with van der Waals surface area (Å²) in [6.07, 6.45) is 9.54. The summed E-state index contributed by atoms with van der Waals surface area (Å²) in [5.41, 5.74) is 4.72. The van der Waals surface area contributed by atoms with Gasteiger partial charge in [-0.3, -0.25) is 0 Å². The predicted molar refractivity (Wildman–Crippen MR) is 76.4 cm³/mol. The maximum atomic E-state index is 10.9. The molecule has 3 heteroatoms. The van der Waals surface area contributed by atoms with Crippen LogP contribution in [-0.4, -0.2) is 11.7 Å². The van der Waals surface area contributed by atoms with Crippen LogP contribution in [0.5, 0.6) is 0 Å². The Morgan fingerprint density at radius 2 is 1.72 bits per heavy atom. The molecule has 0 fully saturated rings. The lowest BCUT2D eigenvalue weighted by Gasteiger charge is -2.29. The fraction of sp³-hybridized carbons (Fsp3) is 0.800. The molecule has 18 heavy (non-hydrogen) atoms. The number of carbonyl (C=O) groups excluding carboxylic acids is 1. The normalized spacial score (nSPS) is 12.3. The summed E-state index contributed by atoms with van der Waals surface area (Å²) in [5, 5.41) is 0. The number of rotatable bonds is 9. The van der Waals surface area contributed by atoms with Gasteiger partial charge >= 0.3 is 6.09 Å². The SMILES string of the molecule is CCC(CC)C/C=C/CC(CC)(CC)OC(N)=O. The van der Waals surface area contributed by atoms with Crippen LogP contribution >= 0.6 is 0 Å². The molecule has 0 saturated carbocycles. The Hall–Kier alpha value is -0.990. The van der Waals surface area contributed by atoms with E-state index >= 15 is 0 Å². The minimum atomic E-state index is -0.674. The standard InChI is InChI=1S/C15H29NO2/c1-5-13(6-2)11-9-10-12-15(7-3,8-4)18-14(16)17/h9-10,13H,5-8,11-12H2,1-4H3,(H2,16,17)/b10-9+. The van der Waals surface area contributed by atoms with Crippen LogP contribution in [0, 0.1) is 5.92 Å². The monoisotopic (exact) mass is 255 g/mol. The van der Waals surface area contributed by atoms with E-state index in [1.54, 1.807) is 0 Å². The summed E-state index contributed by atoms with van der Waals surface area (Å²) in [5.74, 6) is 0.760. The van der Waals surface area contributed by atoms with Crippen molar-refractivity contribution < 1.29 is 9.53 Å². The number of amides is 1. The third-order valence-corrected chi connectivity index (χ3v) is 3.89. The van der Waals surface area contributed by atoms with Gasteiger partial charge in [-0.2, -0.15) is 0 Å². The van der Waals surface area contributed by atoms with Crippen molar-refractivity contribution in [3.05, 3.63) is 12.2 Å². The Morgan fingerprint density at radius 3 is 2.11 bits per heavy atom. The first-order valence-electron chi connectivity index (χ1n) is 7.16. The summed E-state index contributed by atoms with van der Waals surface area (Å²) in [4.78, 5) is 10.9. The zero-order chi connectivity index (χ0) is 14.0. The Balaban J connectivity index is 4.34. The van der Waals surface area contributed by atoms with Crippen molar-refractivity contribution in [2.75, 3.05) is 0 Å². The van der Waals surface area contributed by atoms with Crippen LogP contribution in [0.15, 0.2) is 12.2 Å². The molecule has 3 nitrogen and oxygen atoms in total. The van der Waals surface area contributed by atoms with E-state index in [9.17, 15) is 4.79 Å². The molecule has 0 aliphatic heterocycles. The van der Waals surface area contributed by atoms with E-state index in [-0.39, 0.29) is 0 Å². The topological polar surface area (TPSA) is 52.3 Å². The quantitative estimate of drug-likeness (QED) is 0.620. The average molecular weight is 255 g/mol. The first-order chi connectivity index (χ1) is 8.53. The van der Waals surface area contributed by atoms with E-state index < -0.39 is 11.7 Å². The van der Waals surface area contributed by atoms with Crippen LogP contribution in [0.3, 0.4) is 0 Å². The molecular formula is C15H29NO2. The number of ether oxygens (including phenoxy) is 1. The van der Waals surface area contributed by atoms with Crippen LogP contribution < -0.4 is 5.73 Å². The Labute approximate surface area is 112 Å². The second-order valence-corrected chi connectivity index (χ2v) is 4.90. The molecule has 0 radical (unpaired) electrons. The molecule has 0 saturated heterocycles. The Bertz CT molecular complexity index is 253. The lowest BCUT2D eigenvalue weighted by Crippen LogP contribution is -2.35. The highest BCUT2D eigenvalue weighted by Crippen LogP contribution is 2.25. The predicted octanol–water partition coefficient (Wildman–Crippen LogP) is 4.41. The van der Waals surface area contributed by atoms with Gasteiger partial charge in [-0.25, -0.2) is 4.79 Å². The van der Waals surface area contributed by atoms with Crippen molar-refractivity contribution in [1.29, 1.82) is 0 Å². The molecule has 0 heterocycles. The van der Waals surface area contributed by atoms with Gasteiger partial charge in [-0.15, -0.1) is 0 Å². The molecule has 0 spiro atoms. The van der Waals surface area contributed by atoms with Gasteiger partial charge in [0.05, 0.1) is 0 Å². The van der Waals surface area contributed by atoms with Crippen LogP contribution in [0.2, 0.25) is 0 Å². The van der Waals surface area contributed by atoms with E-state index in [0.717, 1.165) is 31.6 Å². The van der Waals surface area contributed by atoms with Crippen LogP contribution in [0.25, 0.3) is 0 Å². The van der Waals surface area contributed by atoms with E-state index in [0.29, 0.717) is 0 Å². The second-order valence-electron chi connectivity index (χ2n) is 4.90. The molecule has 106 valence electrons. The molecule has 2 N–H and O–H groups in total. The molecule has 0 aromatic carbocycles. The van der Waals surface area contributed by atoms with Gasteiger partial charge in [-0.05, 0) is 25.2 Å². The molecule has 0 aromatic heterocycles. The number of primary amides is 1.